The average Bonchev–Trinajstić information content (AvgIpc) is 2.68. The minimum atomic E-state index is -0.190. The minimum Gasteiger partial charge on any atom is -0.466 e. The molecule has 1 unspecified atom stereocenters. The van der Waals surface area contributed by atoms with Crippen LogP contribution in [-0.4, -0.2) is 18.4 Å². The van der Waals surface area contributed by atoms with Crippen LogP contribution in [0.3, 0.4) is 0 Å². The maximum absolute atomic E-state index is 11.4. The van der Waals surface area contributed by atoms with Crippen molar-refractivity contribution in [1.29, 1.82) is 0 Å². The number of esters is 1. The molecule has 0 N–H and O–H groups in total. The standard InChI is InChI=1S/C14H24O3/c1-12(15)17-11-6-4-2-3-5-8-13-9-7-10-14(13)16/h13H,2-11H2,1H3. The van der Waals surface area contributed by atoms with Crippen LogP contribution >= 0.6 is 0 Å². The minimum absolute atomic E-state index is 0.190. The molecule has 0 heterocycles. The first kappa shape index (κ1) is 14.2. The van der Waals surface area contributed by atoms with E-state index in [1.165, 1.54) is 26.2 Å². The molecule has 0 spiro atoms. The van der Waals surface area contributed by atoms with Gasteiger partial charge in [-0.1, -0.05) is 25.7 Å². The highest BCUT2D eigenvalue weighted by Gasteiger charge is 2.23. The molecule has 0 saturated heterocycles. The van der Waals surface area contributed by atoms with Gasteiger partial charge in [-0.3, -0.25) is 9.59 Å². The zero-order chi connectivity index (χ0) is 12.5. The van der Waals surface area contributed by atoms with Gasteiger partial charge >= 0.3 is 5.97 Å². The van der Waals surface area contributed by atoms with Gasteiger partial charge in [0, 0.05) is 19.3 Å². The fraction of sp³-hybridized carbons (Fsp3) is 0.857. The fourth-order valence-electron chi connectivity index (χ4n) is 2.43. The monoisotopic (exact) mass is 240 g/mol. The van der Waals surface area contributed by atoms with Crippen LogP contribution in [-0.2, 0) is 14.3 Å². The molecule has 0 amide bonds. The quantitative estimate of drug-likeness (QED) is 0.483. The topological polar surface area (TPSA) is 43.4 Å². The van der Waals surface area contributed by atoms with Crippen molar-refractivity contribution in [3.8, 4) is 0 Å². The maximum Gasteiger partial charge on any atom is 0.302 e. The van der Waals surface area contributed by atoms with E-state index in [1.54, 1.807) is 0 Å². The van der Waals surface area contributed by atoms with Gasteiger partial charge in [-0.2, -0.15) is 0 Å². The Balaban J connectivity index is 1.84. The first-order valence-corrected chi connectivity index (χ1v) is 6.86. The Hall–Kier alpha value is -0.860. The fourth-order valence-corrected chi connectivity index (χ4v) is 2.43. The lowest BCUT2D eigenvalue weighted by molar-refractivity contribution is -0.141. The maximum atomic E-state index is 11.4. The van der Waals surface area contributed by atoms with Crippen molar-refractivity contribution >= 4 is 11.8 Å². The van der Waals surface area contributed by atoms with E-state index in [4.69, 9.17) is 4.74 Å². The summed E-state index contributed by atoms with van der Waals surface area (Å²) in [5.74, 6) is 0.667. The molecule has 1 fully saturated rings. The van der Waals surface area contributed by atoms with E-state index in [0.29, 0.717) is 18.3 Å². The zero-order valence-electron chi connectivity index (χ0n) is 10.9. The first-order chi connectivity index (χ1) is 8.20. The molecule has 3 heteroatoms. The van der Waals surface area contributed by atoms with Crippen molar-refractivity contribution in [2.75, 3.05) is 6.61 Å². The van der Waals surface area contributed by atoms with E-state index < -0.39 is 0 Å². The molecule has 0 aromatic heterocycles. The second kappa shape index (κ2) is 8.26. The normalized spacial score (nSPS) is 19.6. The van der Waals surface area contributed by atoms with Gasteiger partial charge in [-0.05, 0) is 25.7 Å². The van der Waals surface area contributed by atoms with E-state index in [-0.39, 0.29) is 5.97 Å². The van der Waals surface area contributed by atoms with E-state index in [1.807, 2.05) is 0 Å². The van der Waals surface area contributed by atoms with Crippen molar-refractivity contribution in [3.63, 3.8) is 0 Å². The second-order valence-electron chi connectivity index (χ2n) is 4.95. The van der Waals surface area contributed by atoms with Crippen molar-refractivity contribution in [3.05, 3.63) is 0 Å². The average molecular weight is 240 g/mol. The summed E-state index contributed by atoms with van der Waals surface area (Å²) in [6, 6.07) is 0. The Morgan fingerprint density at radius 2 is 1.94 bits per heavy atom. The predicted octanol–water partition coefficient (Wildman–Crippen LogP) is 3.26. The molecular weight excluding hydrogens is 216 g/mol. The Morgan fingerprint density at radius 3 is 2.59 bits per heavy atom. The lowest BCUT2D eigenvalue weighted by Crippen LogP contribution is -2.05. The Bertz CT molecular complexity index is 248. The van der Waals surface area contributed by atoms with Crippen LogP contribution in [0.5, 0.6) is 0 Å². The molecule has 1 saturated carbocycles. The summed E-state index contributed by atoms with van der Waals surface area (Å²) in [5.41, 5.74) is 0. The van der Waals surface area contributed by atoms with Crippen molar-refractivity contribution < 1.29 is 14.3 Å². The third-order valence-corrected chi connectivity index (χ3v) is 3.43. The molecule has 3 nitrogen and oxygen atoms in total. The SMILES string of the molecule is CC(=O)OCCCCCCCC1CCCC1=O. The number of rotatable bonds is 8. The molecule has 17 heavy (non-hydrogen) atoms. The van der Waals surface area contributed by atoms with Crippen LogP contribution in [0.4, 0.5) is 0 Å². The summed E-state index contributed by atoms with van der Waals surface area (Å²) >= 11 is 0. The number of carbonyl (C=O) groups is 2. The lowest BCUT2D eigenvalue weighted by Gasteiger charge is -2.07. The molecule has 0 radical (unpaired) electrons. The highest BCUT2D eigenvalue weighted by molar-refractivity contribution is 5.82. The summed E-state index contributed by atoms with van der Waals surface area (Å²) in [6.45, 7) is 2.00. The number of hydrogen-bond acceptors (Lipinski definition) is 3. The molecule has 0 aromatic carbocycles. The first-order valence-electron chi connectivity index (χ1n) is 6.86. The lowest BCUT2D eigenvalue weighted by atomic mass is 9.98. The molecule has 1 rings (SSSR count). The van der Waals surface area contributed by atoms with Crippen LogP contribution in [0.1, 0.15) is 64.7 Å². The van der Waals surface area contributed by atoms with E-state index in [0.717, 1.165) is 38.5 Å². The number of ketones is 1. The molecule has 0 bridgehead atoms. The van der Waals surface area contributed by atoms with Gasteiger partial charge < -0.3 is 4.74 Å². The van der Waals surface area contributed by atoms with E-state index in [9.17, 15) is 9.59 Å². The number of carbonyl (C=O) groups excluding carboxylic acids is 2. The highest BCUT2D eigenvalue weighted by Crippen LogP contribution is 2.26. The Labute approximate surface area is 104 Å². The van der Waals surface area contributed by atoms with Gasteiger partial charge in [0.2, 0.25) is 0 Å². The van der Waals surface area contributed by atoms with Crippen molar-refractivity contribution in [1.82, 2.24) is 0 Å². The van der Waals surface area contributed by atoms with Gasteiger partial charge in [-0.25, -0.2) is 0 Å². The van der Waals surface area contributed by atoms with Gasteiger partial charge in [0.05, 0.1) is 6.61 Å². The van der Waals surface area contributed by atoms with Crippen molar-refractivity contribution in [2.45, 2.75) is 64.7 Å². The molecular formula is C14H24O3. The van der Waals surface area contributed by atoms with Crippen molar-refractivity contribution in [2.24, 2.45) is 5.92 Å². The summed E-state index contributed by atoms with van der Waals surface area (Å²) in [4.78, 5) is 21.9. The third-order valence-electron chi connectivity index (χ3n) is 3.43. The molecule has 1 aliphatic rings. The Morgan fingerprint density at radius 1 is 1.24 bits per heavy atom. The van der Waals surface area contributed by atoms with Crippen LogP contribution in [0.2, 0.25) is 0 Å². The summed E-state index contributed by atoms with van der Waals surface area (Å²) in [6.07, 6.45) is 9.75. The molecule has 1 aliphatic carbocycles. The second-order valence-corrected chi connectivity index (χ2v) is 4.95. The van der Waals surface area contributed by atoms with Gasteiger partial charge in [0.1, 0.15) is 5.78 Å². The summed E-state index contributed by atoms with van der Waals surface area (Å²) in [7, 11) is 0. The van der Waals surface area contributed by atoms with Crippen LogP contribution in [0.25, 0.3) is 0 Å². The zero-order valence-corrected chi connectivity index (χ0v) is 10.9. The smallest absolute Gasteiger partial charge is 0.302 e. The highest BCUT2D eigenvalue weighted by atomic mass is 16.5. The van der Waals surface area contributed by atoms with Gasteiger partial charge in [0.25, 0.3) is 0 Å². The van der Waals surface area contributed by atoms with Gasteiger partial charge in [0.15, 0.2) is 0 Å². The largest absolute Gasteiger partial charge is 0.466 e. The number of hydrogen-bond donors (Lipinski definition) is 0. The third kappa shape index (κ3) is 6.44. The van der Waals surface area contributed by atoms with E-state index >= 15 is 0 Å². The number of ether oxygens (including phenoxy) is 1. The van der Waals surface area contributed by atoms with Crippen LogP contribution in [0.15, 0.2) is 0 Å². The Kier molecular flexibility index (Phi) is 6.90. The van der Waals surface area contributed by atoms with E-state index in [2.05, 4.69) is 0 Å². The van der Waals surface area contributed by atoms with Gasteiger partial charge in [-0.15, -0.1) is 0 Å². The molecule has 98 valence electrons. The number of unbranched alkanes of at least 4 members (excludes halogenated alkanes) is 4. The molecule has 1 atom stereocenters. The predicted molar refractivity (Wildman–Crippen MR) is 66.7 cm³/mol. The summed E-state index contributed by atoms with van der Waals surface area (Å²) in [5, 5.41) is 0. The van der Waals surface area contributed by atoms with Crippen LogP contribution < -0.4 is 0 Å². The number of Topliss-reactive ketones (excluding diaryl/α,β-unsaturated/α-hetero) is 1. The molecule has 0 aliphatic heterocycles. The molecule has 0 aromatic rings. The van der Waals surface area contributed by atoms with Crippen LogP contribution in [0, 0.1) is 5.92 Å². The summed E-state index contributed by atoms with van der Waals surface area (Å²) < 4.78 is 4.86.